The van der Waals surface area contributed by atoms with E-state index in [4.69, 9.17) is 0 Å². The Morgan fingerprint density at radius 3 is 1.55 bits per heavy atom. The van der Waals surface area contributed by atoms with Gasteiger partial charge in [-0.15, -0.1) is 11.3 Å². The van der Waals surface area contributed by atoms with E-state index >= 15 is 0 Å². The molecule has 226 valence electrons. The molecule has 3 heterocycles. The zero-order valence-corrected chi connectivity index (χ0v) is 26.9. The Kier molecular flexibility index (Phi) is 5.84. The smallest absolute Gasteiger partial charge is 0.0991 e. The van der Waals surface area contributed by atoms with E-state index in [1.807, 2.05) is 47.7 Å². The predicted molar refractivity (Wildman–Crippen MR) is 203 cm³/mol. The van der Waals surface area contributed by atoms with Gasteiger partial charge in [-0.2, -0.15) is 10.5 Å². The summed E-state index contributed by atoms with van der Waals surface area (Å²) < 4.78 is 7.26. The van der Waals surface area contributed by atoms with Gasteiger partial charge in [0.1, 0.15) is 0 Å². The van der Waals surface area contributed by atoms with Crippen LogP contribution in [0.15, 0.2) is 146 Å². The first-order chi connectivity index (χ1) is 24.2. The number of thiophene rings is 1. The second kappa shape index (κ2) is 10.4. The summed E-state index contributed by atoms with van der Waals surface area (Å²) in [6.07, 6.45) is 0. The van der Waals surface area contributed by atoms with Crippen LogP contribution in [0.2, 0.25) is 0 Å². The quantitative estimate of drug-likeness (QED) is 0.193. The first-order valence-electron chi connectivity index (χ1n) is 16.1. The van der Waals surface area contributed by atoms with Gasteiger partial charge >= 0.3 is 0 Å². The average Bonchev–Trinajstić information content (AvgIpc) is 3.80. The molecule has 0 fully saturated rings. The van der Waals surface area contributed by atoms with Crippen LogP contribution in [0.3, 0.4) is 0 Å². The lowest BCUT2D eigenvalue weighted by Crippen LogP contribution is -2.01. The molecule has 0 amide bonds. The molecule has 5 heteroatoms. The molecule has 0 aliphatic carbocycles. The van der Waals surface area contributed by atoms with Gasteiger partial charge in [-0.05, 0) is 72.8 Å². The minimum absolute atomic E-state index is 0.589. The number of hydrogen-bond donors (Lipinski definition) is 0. The molecule has 0 atom stereocenters. The molecule has 49 heavy (non-hydrogen) atoms. The summed E-state index contributed by atoms with van der Waals surface area (Å²) in [5.74, 6) is 0. The van der Waals surface area contributed by atoms with Gasteiger partial charge in [0, 0.05) is 52.8 Å². The van der Waals surface area contributed by atoms with E-state index in [-0.39, 0.29) is 0 Å². The first-order valence-corrected chi connectivity index (χ1v) is 17.0. The minimum atomic E-state index is 0.589. The number of benzene rings is 7. The molecule has 0 unspecified atom stereocenters. The van der Waals surface area contributed by atoms with Gasteiger partial charge in [0.25, 0.3) is 0 Å². The van der Waals surface area contributed by atoms with Crippen LogP contribution in [0.1, 0.15) is 11.1 Å². The monoisotopic (exact) mass is 640 g/mol. The predicted octanol–water partition coefficient (Wildman–Crippen LogP) is 11.7. The maximum Gasteiger partial charge on any atom is 0.0991 e. The maximum atomic E-state index is 9.74. The van der Waals surface area contributed by atoms with Gasteiger partial charge in [0.15, 0.2) is 0 Å². The summed E-state index contributed by atoms with van der Waals surface area (Å²) in [7, 11) is 0. The van der Waals surface area contributed by atoms with E-state index in [2.05, 4.69) is 130 Å². The molecule has 0 aliphatic heterocycles. The maximum absolute atomic E-state index is 9.74. The third-order valence-corrected chi connectivity index (χ3v) is 10.9. The molecule has 0 aliphatic rings. The fourth-order valence-electron chi connectivity index (χ4n) is 7.66. The van der Waals surface area contributed by atoms with Crippen LogP contribution < -0.4 is 0 Å². The molecular formula is C44H24N4S. The Hall–Kier alpha value is -6.66. The van der Waals surface area contributed by atoms with E-state index in [1.165, 1.54) is 36.5 Å². The van der Waals surface area contributed by atoms with Gasteiger partial charge in [-0.25, -0.2) is 0 Å². The van der Waals surface area contributed by atoms with E-state index in [9.17, 15) is 10.5 Å². The number of hydrogen-bond acceptors (Lipinski definition) is 3. The Morgan fingerprint density at radius 1 is 0.388 bits per heavy atom. The summed E-state index contributed by atoms with van der Waals surface area (Å²) in [5.41, 5.74) is 9.80. The van der Waals surface area contributed by atoms with Crippen LogP contribution in [0.25, 0.3) is 86.3 Å². The van der Waals surface area contributed by atoms with Crippen molar-refractivity contribution in [3.63, 3.8) is 0 Å². The Labute approximate surface area is 285 Å². The molecular weight excluding hydrogens is 617 g/mol. The molecule has 0 N–H and O–H groups in total. The highest BCUT2D eigenvalue weighted by Gasteiger charge is 2.21. The van der Waals surface area contributed by atoms with Crippen LogP contribution in [-0.4, -0.2) is 9.13 Å². The van der Waals surface area contributed by atoms with Gasteiger partial charge in [-0.3, -0.25) is 0 Å². The van der Waals surface area contributed by atoms with Crippen LogP contribution in [0.5, 0.6) is 0 Å². The van der Waals surface area contributed by atoms with Crippen molar-refractivity contribution >= 4 is 75.1 Å². The Bertz CT molecular complexity index is 3010. The zero-order valence-electron chi connectivity index (χ0n) is 26.1. The summed E-state index contributed by atoms with van der Waals surface area (Å²) in [6, 6.07) is 55.5. The Morgan fingerprint density at radius 2 is 0.898 bits per heavy atom. The largest absolute Gasteiger partial charge is 0.309 e. The normalized spacial score (nSPS) is 11.6. The van der Waals surface area contributed by atoms with Crippen LogP contribution in [0.4, 0.5) is 0 Å². The lowest BCUT2D eigenvalue weighted by atomic mass is 10.0. The van der Waals surface area contributed by atoms with E-state index in [0.717, 1.165) is 49.8 Å². The van der Waals surface area contributed by atoms with Crippen molar-refractivity contribution in [3.8, 4) is 34.6 Å². The van der Waals surface area contributed by atoms with Gasteiger partial charge in [0.05, 0.1) is 56.7 Å². The number of rotatable bonds is 3. The topological polar surface area (TPSA) is 57.4 Å². The first kappa shape index (κ1) is 27.5. The highest BCUT2D eigenvalue weighted by Crippen LogP contribution is 2.43. The third-order valence-electron chi connectivity index (χ3n) is 9.77. The number of para-hydroxylation sites is 3. The second-order valence-electron chi connectivity index (χ2n) is 12.4. The molecule has 0 spiro atoms. The van der Waals surface area contributed by atoms with E-state index < -0.39 is 0 Å². The van der Waals surface area contributed by atoms with Crippen LogP contribution in [0, 0.1) is 22.7 Å². The fourth-order valence-corrected chi connectivity index (χ4v) is 8.78. The molecule has 10 aromatic rings. The zero-order chi connectivity index (χ0) is 32.6. The van der Waals surface area contributed by atoms with Crippen molar-refractivity contribution in [1.29, 1.82) is 10.5 Å². The van der Waals surface area contributed by atoms with Crippen LogP contribution in [-0.2, 0) is 0 Å². The molecule has 3 aromatic heterocycles. The highest BCUT2D eigenvalue weighted by molar-refractivity contribution is 7.25. The minimum Gasteiger partial charge on any atom is -0.309 e. The lowest BCUT2D eigenvalue weighted by molar-refractivity contribution is 1.16. The average molecular weight is 641 g/mol. The van der Waals surface area contributed by atoms with Crippen molar-refractivity contribution in [3.05, 3.63) is 157 Å². The number of nitriles is 2. The van der Waals surface area contributed by atoms with Crippen LogP contribution >= 0.6 is 11.3 Å². The Balaban J connectivity index is 1.28. The van der Waals surface area contributed by atoms with Crippen molar-refractivity contribution in [2.45, 2.75) is 0 Å². The van der Waals surface area contributed by atoms with Crippen molar-refractivity contribution in [2.24, 2.45) is 0 Å². The standard InChI is InChI=1S/C44H24N4S/c45-25-27-17-19-40-33(21-27)34-22-28(26-46)18-20-41(34)47(40)37-13-5-1-9-29(37)30-10-2-6-14-38(30)48-39-15-7-3-11-31(39)35-23-36-32-12-4-8-16-43(32)49-44(36)24-42(35)48/h1-24H. The van der Waals surface area contributed by atoms with E-state index in [0.29, 0.717) is 11.1 Å². The lowest BCUT2D eigenvalue weighted by Gasteiger charge is -2.18. The second-order valence-corrected chi connectivity index (χ2v) is 13.5. The molecule has 0 bridgehead atoms. The van der Waals surface area contributed by atoms with Crippen molar-refractivity contribution in [1.82, 2.24) is 9.13 Å². The molecule has 0 saturated carbocycles. The summed E-state index contributed by atoms with van der Waals surface area (Å²) in [5, 5.41) is 26.4. The SMILES string of the molecule is N#Cc1ccc2c(c1)c1cc(C#N)ccc1n2-c1ccccc1-c1ccccc1-n1c2ccccc2c2cc3c(cc21)sc1ccccc13. The van der Waals surface area contributed by atoms with Gasteiger partial charge < -0.3 is 9.13 Å². The number of aromatic nitrogens is 2. The van der Waals surface area contributed by atoms with Gasteiger partial charge in [0.2, 0.25) is 0 Å². The molecule has 0 radical (unpaired) electrons. The summed E-state index contributed by atoms with van der Waals surface area (Å²) >= 11 is 1.84. The van der Waals surface area contributed by atoms with Crippen molar-refractivity contribution < 1.29 is 0 Å². The number of fused-ring (bicyclic) bond motifs is 9. The van der Waals surface area contributed by atoms with E-state index in [1.54, 1.807) is 0 Å². The molecule has 7 aromatic carbocycles. The number of nitrogens with zero attached hydrogens (tertiary/aromatic N) is 4. The highest BCUT2D eigenvalue weighted by atomic mass is 32.1. The third kappa shape index (κ3) is 3.95. The molecule has 10 rings (SSSR count). The molecule has 0 saturated heterocycles. The molecule has 4 nitrogen and oxygen atoms in total. The van der Waals surface area contributed by atoms with Crippen molar-refractivity contribution in [2.75, 3.05) is 0 Å². The van der Waals surface area contributed by atoms with Gasteiger partial charge in [-0.1, -0.05) is 72.8 Å². The summed E-state index contributed by atoms with van der Waals surface area (Å²) in [4.78, 5) is 0. The fraction of sp³-hybridized carbons (Fsp3) is 0. The summed E-state index contributed by atoms with van der Waals surface area (Å²) in [6.45, 7) is 0.